The number of nitrogens with zero attached hydrogens (tertiary/aromatic N) is 1. The average Bonchev–Trinajstić information content (AvgIpc) is 3.11. The molecule has 0 aliphatic heterocycles. The van der Waals surface area contributed by atoms with E-state index >= 15 is 0 Å². The van der Waals surface area contributed by atoms with E-state index in [2.05, 4.69) is 27.4 Å². The Balaban J connectivity index is 1.70. The molecule has 0 unspecified atom stereocenters. The maximum absolute atomic E-state index is 10.3. The molecule has 3 aliphatic rings. The van der Waals surface area contributed by atoms with Gasteiger partial charge in [-0.2, -0.15) is 0 Å². The molecular formula is C22H34N2OS. The first kappa shape index (κ1) is 18.6. The van der Waals surface area contributed by atoms with Gasteiger partial charge in [-0.25, -0.2) is 4.98 Å². The number of rotatable bonds is 3. The van der Waals surface area contributed by atoms with Crippen LogP contribution < -0.4 is 5.73 Å². The largest absolute Gasteiger partial charge is 0.396 e. The lowest BCUT2D eigenvalue weighted by molar-refractivity contribution is -0.0531. The smallest absolute Gasteiger partial charge is 0.0900 e. The Morgan fingerprint density at radius 2 is 2.08 bits per heavy atom. The van der Waals surface area contributed by atoms with Crippen LogP contribution in [0.15, 0.2) is 12.2 Å². The molecule has 1 aromatic rings. The number of aryl methyl sites for hydroxylation is 1. The van der Waals surface area contributed by atoms with E-state index in [1.54, 1.807) is 0 Å². The zero-order chi connectivity index (χ0) is 18.7. The van der Waals surface area contributed by atoms with Gasteiger partial charge in [0.15, 0.2) is 0 Å². The van der Waals surface area contributed by atoms with Crippen molar-refractivity contribution in [3.05, 3.63) is 27.7 Å². The number of aliphatic hydroxyl groups excluding tert-OH is 1. The molecule has 3 aliphatic carbocycles. The van der Waals surface area contributed by atoms with Crippen molar-refractivity contribution in [3.63, 3.8) is 0 Å². The predicted molar refractivity (Wildman–Crippen MR) is 108 cm³/mol. The lowest BCUT2D eigenvalue weighted by Gasteiger charge is -2.55. The second kappa shape index (κ2) is 6.42. The van der Waals surface area contributed by atoms with Gasteiger partial charge in [-0.15, -0.1) is 11.3 Å². The van der Waals surface area contributed by atoms with Crippen LogP contribution in [0.3, 0.4) is 0 Å². The second-order valence-corrected chi connectivity index (χ2v) is 10.9. The van der Waals surface area contributed by atoms with Crippen LogP contribution >= 0.6 is 11.3 Å². The van der Waals surface area contributed by atoms with Crippen LogP contribution in [0.5, 0.6) is 0 Å². The van der Waals surface area contributed by atoms with Gasteiger partial charge < -0.3 is 10.8 Å². The summed E-state index contributed by atoms with van der Waals surface area (Å²) >= 11 is 1.86. The van der Waals surface area contributed by atoms with Gasteiger partial charge in [0.25, 0.3) is 0 Å². The molecule has 0 spiro atoms. The summed E-state index contributed by atoms with van der Waals surface area (Å²) in [5, 5.41) is 11.4. The monoisotopic (exact) mass is 374 g/mol. The van der Waals surface area contributed by atoms with E-state index < -0.39 is 0 Å². The molecule has 2 fully saturated rings. The highest BCUT2D eigenvalue weighted by Crippen LogP contribution is 2.62. The molecule has 144 valence electrons. The van der Waals surface area contributed by atoms with Crippen LogP contribution in [-0.4, -0.2) is 23.2 Å². The van der Waals surface area contributed by atoms with E-state index in [-0.39, 0.29) is 17.4 Å². The minimum absolute atomic E-state index is 0.121. The van der Waals surface area contributed by atoms with Crippen molar-refractivity contribution in [1.29, 1.82) is 0 Å². The van der Waals surface area contributed by atoms with Crippen molar-refractivity contribution >= 4 is 11.3 Å². The van der Waals surface area contributed by atoms with Crippen LogP contribution in [0.2, 0.25) is 0 Å². The highest BCUT2D eigenvalue weighted by Gasteiger charge is 2.56. The highest BCUT2D eigenvalue weighted by atomic mass is 32.1. The predicted octanol–water partition coefficient (Wildman–Crippen LogP) is 4.12. The number of hydrogen-bond acceptors (Lipinski definition) is 4. The van der Waals surface area contributed by atoms with E-state index in [1.807, 2.05) is 11.3 Å². The summed E-state index contributed by atoms with van der Waals surface area (Å²) in [7, 11) is 0. The summed E-state index contributed by atoms with van der Waals surface area (Å²) in [6.07, 6.45) is 6.86. The zero-order valence-electron chi connectivity index (χ0n) is 16.6. The number of nitrogens with two attached hydrogens (primary N) is 1. The molecule has 4 heteroatoms. The van der Waals surface area contributed by atoms with Gasteiger partial charge in [0.05, 0.1) is 10.7 Å². The summed E-state index contributed by atoms with van der Waals surface area (Å²) in [5.74, 6) is 2.09. The summed E-state index contributed by atoms with van der Waals surface area (Å²) in [4.78, 5) is 6.20. The van der Waals surface area contributed by atoms with Crippen LogP contribution in [0.4, 0.5) is 0 Å². The van der Waals surface area contributed by atoms with Crippen LogP contribution in [0, 0.1) is 41.4 Å². The van der Waals surface area contributed by atoms with Gasteiger partial charge in [-0.3, -0.25) is 0 Å². The third kappa shape index (κ3) is 2.56. The van der Waals surface area contributed by atoms with E-state index in [0.717, 1.165) is 24.4 Å². The topological polar surface area (TPSA) is 59.1 Å². The molecule has 0 radical (unpaired) electrons. The molecule has 3 nitrogen and oxygen atoms in total. The molecule has 3 N–H and O–H groups in total. The average molecular weight is 375 g/mol. The zero-order valence-corrected chi connectivity index (χ0v) is 17.4. The molecule has 4 rings (SSSR count). The Morgan fingerprint density at radius 3 is 2.77 bits per heavy atom. The van der Waals surface area contributed by atoms with Crippen molar-refractivity contribution in [2.75, 3.05) is 13.2 Å². The first-order chi connectivity index (χ1) is 12.3. The normalized spacial score (nSPS) is 42.6. The van der Waals surface area contributed by atoms with Gasteiger partial charge in [-0.05, 0) is 86.5 Å². The minimum atomic E-state index is 0.121. The van der Waals surface area contributed by atoms with Gasteiger partial charge >= 0.3 is 0 Å². The number of thiazole rings is 1. The number of fused-ring (bicyclic) bond motifs is 2. The van der Waals surface area contributed by atoms with E-state index in [4.69, 9.17) is 10.7 Å². The molecule has 26 heavy (non-hydrogen) atoms. The summed E-state index contributed by atoms with van der Waals surface area (Å²) in [5.41, 5.74) is 9.50. The maximum Gasteiger partial charge on any atom is 0.0900 e. The lowest BCUT2D eigenvalue weighted by atomic mass is 9.50. The standard InChI is InChI=1S/C22H34N2OS/c1-13-5-6-17-16(11-23)18(7-8-21(13,17)3)22(4)10-20-19(9-15(22)12-25)24-14(2)26-20/h15-18,25H,1,5-12,23H2,2-4H3/t15-,16+,17+,18+,21-,22+/m1/s1. The fourth-order valence-electron chi connectivity index (χ4n) is 6.82. The van der Waals surface area contributed by atoms with Crippen molar-refractivity contribution in [2.24, 2.45) is 40.2 Å². The molecule has 0 saturated heterocycles. The molecular weight excluding hydrogens is 340 g/mol. The fraction of sp³-hybridized carbons (Fsp3) is 0.773. The van der Waals surface area contributed by atoms with Gasteiger partial charge in [0, 0.05) is 11.5 Å². The van der Waals surface area contributed by atoms with Gasteiger partial charge in [0.1, 0.15) is 0 Å². The quantitative estimate of drug-likeness (QED) is 0.782. The first-order valence-corrected chi connectivity index (χ1v) is 11.1. The van der Waals surface area contributed by atoms with Crippen molar-refractivity contribution in [3.8, 4) is 0 Å². The van der Waals surface area contributed by atoms with E-state index in [0.29, 0.717) is 23.7 Å². The molecule has 0 aromatic carbocycles. The fourth-order valence-corrected chi connectivity index (χ4v) is 7.96. The third-order valence-electron chi connectivity index (χ3n) is 8.53. The molecule has 2 saturated carbocycles. The molecule has 0 bridgehead atoms. The van der Waals surface area contributed by atoms with Gasteiger partial charge in [0.2, 0.25) is 0 Å². The Labute approximate surface area is 162 Å². The van der Waals surface area contributed by atoms with E-state index in [1.165, 1.54) is 41.8 Å². The van der Waals surface area contributed by atoms with E-state index in [9.17, 15) is 5.11 Å². The van der Waals surface area contributed by atoms with Crippen molar-refractivity contribution < 1.29 is 5.11 Å². The number of aromatic nitrogens is 1. The second-order valence-electron chi connectivity index (χ2n) is 9.58. The SMILES string of the molecule is C=C1CC[C@H]2[C@H](CN)[C@@H]([C@@]3(C)Cc4sc(C)nc4C[C@@H]3CO)CC[C@]12C. The number of aliphatic hydroxyl groups is 1. The minimum Gasteiger partial charge on any atom is -0.396 e. The number of hydrogen-bond donors (Lipinski definition) is 2. The third-order valence-corrected chi connectivity index (χ3v) is 9.54. The Bertz CT molecular complexity index is 713. The molecule has 6 atom stereocenters. The highest BCUT2D eigenvalue weighted by molar-refractivity contribution is 7.11. The van der Waals surface area contributed by atoms with Gasteiger partial charge in [-0.1, -0.05) is 26.0 Å². The number of allylic oxidation sites excluding steroid dienone is 1. The summed E-state index contributed by atoms with van der Waals surface area (Å²) < 4.78 is 0. The van der Waals surface area contributed by atoms with Crippen molar-refractivity contribution in [1.82, 2.24) is 4.98 Å². The Hall–Kier alpha value is -0.710. The van der Waals surface area contributed by atoms with Crippen molar-refractivity contribution in [2.45, 2.75) is 59.3 Å². The summed E-state index contributed by atoms with van der Waals surface area (Å²) in [6.45, 7) is 12.4. The molecule has 1 heterocycles. The maximum atomic E-state index is 10.3. The van der Waals surface area contributed by atoms with Crippen LogP contribution in [-0.2, 0) is 12.8 Å². The Morgan fingerprint density at radius 1 is 1.31 bits per heavy atom. The lowest BCUT2D eigenvalue weighted by Crippen LogP contribution is -2.53. The first-order valence-electron chi connectivity index (χ1n) is 10.3. The molecule has 0 amide bonds. The summed E-state index contributed by atoms with van der Waals surface area (Å²) in [6, 6.07) is 0. The van der Waals surface area contributed by atoms with Crippen LogP contribution in [0.25, 0.3) is 0 Å². The van der Waals surface area contributed by atoms with Crippen LogP contribution in [0.1, 0.15) is 55.1 Å². The molecule has 1 aromatic heterocycles. The Kier molecular flexibility index (Phi) is 4.61.